The summed E-state index contributed by atoms with van der Waals surface area (Å²) in [4.78, 5) is 0. The number of benzene rings is 1. The molecule has 0 amide bonds. The van der Waals surface area contributed by atoms with E-state index in [0.717, 1.165) is 0 Å². The summed E-state index contributed by atoms with van der Waals surface area (Å²) in [7, 11) is 0. The molecule has 0 atom stereocenters. The van der Waals surface area contributed by atoms with E-state index in [2.05, 4.69) is 19.1 Å². The van der Waals surface area contributed by atoms with E-state index in [9.17, 15) is 0 Å². The van der Waals surface area contributed by atoms with Crippen LogP contribution in [0.3, 0.4) is 0 Å². The maximum atomic E-state index is 5.58. The maximum absolute atomic E-state index is 5.58. The molecular weight excluding hydrogens is 176 g/mol. The fourth-order valence-electron chi connectivity index (χ4n) is 0.866. The summed E-state index contributed by atoms with van der Waals surface area (Å²) < 4.78 is 0.522. The number of hydrogen-bond donors (Lipinski definition) is 0. The van der Waals surface area contributed by atoms with Gasteiger partial charge in [0.1, 0.15) is 0 Å². The number of rotatable bonds is 2. The van der Waals surface area contributed by atoms with Crippen LogP contribution >= 0.6 is 23.8 Å². The highest BCUT2D eigenvalue weighted by atomic mass is 35.5. The number of hydrogen-bond acceptors (Lipinski definition) is 1. The van der Waals surface area contributed by atoms with Crippen LogP contribution in [0.25, 0.3) is 0 Å². The Morgan fingerprint density at radius 3 is 2.36 bits per heavy atom. The van der Waals surface area contributed by atoms with Crippen molar-refractivity contribution in [1.29, 1.82) is 0 Å². The van der Waals surface area contributed by atoms with Crippen LogP contribution in [0.2, 0.25) is 0 Å². The fraction of sp³-hybridized carbons (Fsp3) is 0.222. The lowest BCUT2D eigenvalue weighted by atomic mass is 10.1. The molecule has 0 saturated carbocycles. The van der Waals surface area contributed by atoms with Gasteiger partial charge in [-0.2, -0.15) is 0 Å². The Labute approximate surface area is 77.2 Å². The first-order valence-corrected chi connectivity index (χ1v) is 4.21. The lowest BCUT2D eigenvalue weighted by Crippen LogP contribution is -1.90. The van der Waals surface area contributed by atoms with Crippen LogP contribution in [0.5, 0.6) is 0 Å². The van der Waals surface area contributed by atoms with Crippen LogP contribution in [-0.2, 0) is 6.42 Å². The first-order valence-electron chi connectivity index (χ1n) is 3.42. The summed E-state index contributed by atoms with van der Waals surface area (Å²) >= 11 is 10.4. The van der Waals surface area contributed by atoms with Gasteiger partial charge in [0.25, 0.3) is 0 Å². The second-order valence-electron chi connectivity index (χ2n) is 2.52. The molecule has 0 aliphatic rings. The number of thiocarbonyl (C=S) groups is 1. The third kappa shape index (κ3) is 3.00. The standard InChI is InChI=1S/C9H9ClS/c1-7-2-4-8(5-3-7)6-9(10)11/h2-5H,6H2,1H3. The zero-order chi connectivity index (χ0) is 8.27. The summed E-state index contributed by atoms with van der Waals surface area (Å²) in [6.07, 6.45) is 0.692. The topological polar surface area (TPSA) is 0 Å². The van der Waals surface area contributed by atoms with Crippen LogP contribution in [0.15, 0.2) is 24.3 Å². The SMILES string of the molecule is Cc1ccc(CC(=S)Cl)cc1. The normalized spacial score (nSPS) is 9.64. The van der Waals surface area contributed by atoms with Crippen molar-refractivity contribution in [2.75, 3.05) is 0 Å². The Morgan fingerprint density at radius 2 is 1.91 bits per heavy atom. The van der Waals surface area contributed by atoms with Crippen molar-refractivity contribution in [3.05, 3.63) is 35.4 Å². The van der Waals surface area contributed by atoms with Gasteiger partial charge in [-0.25, -0.2) is 0 Å². The fourth-order valence-corrected chi connectivity index (χ4v) is 1.19. The molecule has 0 nitrogen and oxygen atoms in total. The molecule has 1 aromatic rings. The van der Waals surface area contributed by atoms with Crippen molar-refractivity contribution >= 4 is 28.1 Å². The van der Waals surface area contributed by atoms with E-state index in [-0.39, 0.29) is 0 Å². The molecule has 0 spiro atoms. The van der Waals surface area contributed by atoms with Crippen LogP contribution in [0.4, 0.5) is 0 Å². The van der Waals surface area contributed by atoms with Crippen molar-refractivity contribution in [2.45, 2.75) is 13.3 Å². The molecule has 1 rings (SSSR count). The quantitative estimate of drug-likeness (QED) is 0.503. The lowest BCUT2D eigenvalue weighted by molar-refractivity contribution is 1.34. The Morgan fingerprint density at radius 1 is 1.36 bits per heavy atom. The predicted octanol–water partition coefficient (Wildman–Crippen LogP) is 3.10. The first-order chi connectivity index (χ1) is 5.18. The van der Waals surface area contributed by atoms with Crippen LogP contribution in [0, 0.1) is 6.92 Å². The van der Waals surface area contributed by atoms with Crippen LogP contribution in [-0.4, -0.2) is 4.32 Å². The molecule has 0 saturated heterocycles. The highest BCUT2D eigenvalue weighted by Crippen LogP contribution is 2.05. The monoisotopic (exact) mass is 184 g/mol. The van der Waals surface area contributed by atoms with E-state index in [1.807, 2.05) is 12.1 Å². The third-order valence-electron chi connectivity index (χ3n) is 1.46. The van der Waals surface area contributed by atoms with Gasteiger partial charge in [-0.05, 0) is 12.5 Å². The minimum absolute atomic E-state index is 0.522. The molecule has 1 aromatic carbocycles. The second-order valence-corrected chi connectivity index (χ2v) is 3.69. The molecule has 0 radical (unpaired) electrons. The van der Waals surface area contributed by atoms with E-state index < -0.39 is 0 Å². The lowest BCUT2D eigenvalue weighted by Gasteiger charge is -1.97. The summed E-state index contributed by atoms with van der Waals surface area (Å²) in [6.45, 7) is 2.06. The Balaban J connectivity index is 2.74. The molecule has 58 valence electrons. The summed E-state index contributed by atoms with van der Waals surface area (Å²) in [5.74, 6) is 0. The molecule has 0 aliphatic carbocycles. The van der Waals surface area contributed by atoms with Crippen molar-refractivity contribution in [1.82, 2.24) is 0 Å². The molecule has 2 heteroatoms. The van der Waals surface area contributed by atoms with Gasteiger partial charge in [-0.3, -0.25) is 0 Å². The Hall–Kier alpha value is -0.400. The van der Waals surface area contributed by atoms with Gasteiger partial charge in [0, 0.05) is 6.42 Å². The van der Waals surface area contributed by atoms with E-state index in [4.69, 9.17) is 23.8 Å². The summed E-state index contributed by atoms with van der Waals surface area (Å²) in [5, 5.41) is 0. The first kappa shape index (κ1) is 8.69. The van der Waals surface area contributed by atoms with Gasteiger partial charge >= 0.3 is 0 Å². The molecule has 0 aliphatic heterocycles. The summed E-state index contributed by atoms with van der Waals surface area (Å²) in [5.41, 5.74) is 2.44. The molecule has 11 heavy (non-hydrogen) atoms. The van der Waals surface area contributed by atoms with Crippen molar-refractivity contribution in [2.24, 2.45) is 0 Å². The molecular formula is C9H9ClS. The second kappa shape index (κ2) is 3.84. The molecule has 0 fully saturated rings. The largest absolute Gasteiger partial charge is 0.0852 e. The van der Waals surface area contributed by atoms with Crippen LogP contribution < -0.4 is 0 Å². The number of halogens is 1. The molecule has 0 bridgehead atoms. The molecule has 0 unspecified atom stereocenters. The van der Waals surface area contributed by atoms with Gasteiger partial charge in [0.2, 0.25) is 0 Å². The summed E-state index contributed by atoms with van der Waals surface area (Å²) in [6, 6.07) is 8.21. The van der Waals surface area contributed by atoms with Gasteiger partial charge in [-0.1, -0.05) is 53.6 Å². The number of aryl methyl sites for hydroxylation is 1. The Kier molecular flexibility index (Phi) is 3.03. The van der Waals surface area contributed by atoms with Crippen molar-refractivity contribution in [3.63, 3.8) is 0 Å². The van der Waals surface area contributed by atoms with Gasteiger partial charge < -0.3 is 0 Å². The molecule has 0 N–H and O–H groups in total. The van der Waals surface area contributed by atoms with Gasteiger partial charge in [0.15, 0.2) is 0 Å². The minimum atomic E-state index is 0.522. The van der Waals surface area contributed by atoms with E-state index in [0.29, 0.717) is 10.7 Å². The van der Waals surface area contributed by atoms with Crippen molar-refractivity contribution in [3.8, 4) is 0 Å². The van der Waals surface area contributed by atoms with E-state index >= 15 is 0 Å². The smallest absolute Gasteiger partial charge is 0.0761 e. The van der Waals surface area contributed by atoms with E-state index in [1.54, 1.807) is 0 Å². The zero-order valence-corrected chi connectivity index (χ0v) is 7.88. The maximum Gasteiger partial charge on any atom is 0.0852 e. The Bertz CT molecular complexity index is 251. The van der Waals surface area contributed by atoms with Gasteiger partial charge in [-0.15, -0.1) is 0 Å². The zero-order valence-electron chi connectivity index (χ0n) is 6.30. The van der Waals surface area contributed by atoms with Crippen LogP contribution in [0.1, 0.15) is 11.1 Å². The van der Waals surface area contributed by atoms with Crippen molar-refractivity contribution < 1.29 is 0 Å². The highest BCUT2D eigenvalue weighted by Gasteiger charge is 1.94. The predicted molar refractivity (Wildman–Crippen MR) is 53.3 cm³/mol. The average molecular weight is 185 g/mol. The van der Waals surface area contributed by atoms with Gasteiger partial charge in [0.05, 0.1) is 4.32 Å². The molecule has 0 heterocycles. The third-order valence-corrected chi connectivity index (χ3v) is 1.74. The minimum Gasteiger partial charge on any atom is -0.0761 e. The average Bonchev–Trinajstić information content (AvgIpc) is 1.93. The van der Waals surface area contributed by atoms with E-state index in [1.165, 1.54) is 11.1 Å². The molecule has 0 aromatic heterocycles. The highest BCUT2D eigenvalue weighted by molar-refractivity contribution is 7.83.